The van der Waals surface area contributed by atoms with Crippen molar-refractivity contribution >= 4 is 11.6 Å². The zero-order valence-corrected chi connectivity index (χ0v) is 13.0. The molecule has 1 fully saturated rings. The fourth-order valence-corrected chi connectivity index (χ4v) is 2.74. The number of benzene rings is 1. The van der Waals surface area contributed by atoms with Gasteiger partial charge in [0.05, 0.1) is 0 Å². The zero-order valence-electron chi connectivity index (χ0n) is 13.0. The average Bonchev–Trinajstić information content (AvgIpc) is 3.02. The highest BCUT2D eigenvalue weighted by molar-refractivity contribution is 5.76. The number of anilines is 1. The van der Waals surface area contributed by atoms with Crippen molar-refractivity contribution < 1.29 is 4.79 Å². The molecule has 0 spiro atoms. The Labute approximate surface area is 134 Å². The molecule has 0 aliphatic carbocycles. The third-order valence-electron chi connectivity index (χ3n) is 4.02. The first kappa shape index (κ1) is 15.0. The highest BCUT2D eigenvalue weighted by Crippen LogP contribution is 2.17. The molecule has 1 aliphatic heterocycles. The summed E-state index contributed by atoms with van der Waals surface area (Å²) in [6, 6.07) is 10.3. The summed E-state index contributed by atoms with van der Waals surface area (Å²) in [4.78, 5) is 16.5. The summed E-state index contributed by atoms with van der Waals surface area (Å²) in [5, 5.41) is 16.2. The number of carbonyl (C=O) groups excluding carboxylic acids is 1. The fourth-order valence-electron chi connectivity index (χ4n) is 2.74. The van der Waals surface area contributed by atoms with Crippen LogP contribution in [0.1, 0.15) is 11.4 Å². The number of hydrogen-bond donors (Lipinski definition) is 0. The molecule has 0 unspecified atom stereocenters. The minimum Gasteiger partial charge on any atom is -0.368 e. The maximum Gasteiger partial charge on any atom is 0.242 e. The van der Waals surface area contributed by atoms with Gasteiger partial charge in [-0.15, -0.1) is 10.2 Å². The highest BCUT2D eigenvalue weighted by Gasteiger charge is 2.22. The van der Waals surface area contributed by atoms with E-state index in [0.29, 0.717) is 13.1 Å². The Kier molecular flexibility index (Phi) is 4.24. The lowest BCUT2D eigenvalue weighted by atomic mass is 10.2. The summed E-state index contributed by atoms with van der Waals surface area (Å²) >= 11 is 0. The molecule has 1 aliphatic rings. The number of rotatable bonds is 3. The topological polar surface area (TPSA) is 78.1 Å². The standard InChI is InChI=1S/C16H18N6O/c1-13-3-2-4-14(9-13)20-5-7-21(8-6-20)16(23)11-22-12-18-19-15(22)10-17/h2-4,9,12H,5-8,11H2,1H3. The number of aryl methyl sites for hydroxylation is 1. The quantitative estimate of drug-likeness (QED) is 0.838. The molecule has 1 saturated heterocycles. The largest absolute Gasteiger partial charge is 0.368 e. The van der Waals surface area contributed by atoms with Crippen LogP contribution in [0.25, 0.3) is 0 Å². The maximum absolute atomic E-state index is 12.4. The molecule has 7 heteroatoms. The average molecular weight is 310 g/mol. The second-order valence-corrected chi connectivity index (χ2v) is 5.60. The highest BCUT2D eigenvalue weighted by atomic mass is 16.2. The number of carbonyl (C=O) groups is 1. The van der Waals surface area contributed by atoms with E-state index < -0.39 is 0 Å². The Balaban J connectivity index is 1.58. The van der Waals surface area contributed by atoms with Crippen LogP contribution in [0, 0.1) is 18.3 Å². The number of nitrogens with zero attached hydrogens (tertiary/aromatic N) is 6. The SMILES string of the molecule is Cc1cccc(N2CCN(C(=O)Cn3cnnc3C#N)CC2)c1. The monoisotopic (exact) mass is 310 g/mol. The summed E-state index contributed by atoms with van der Waals surface area (Å²) in [7, 11) is 0. The molecule has 0 radical (unpaired) electrons. The van der Waals surface area contributed by atoms with Crippen molar-refractivity contribution in [3.05, 3.63) is 42.0 Å². The molecule has 1 aromatic heterocycles. The zero-order chi connectivity index (χ0) is 16.2. The maximum atomic E-state index is 12.4. The number of hydrogen-bond acceptors (Lipinski definition) is 5. The molecule has 0 bridgehead atoms. The number of aromatic nitrogens is 3. The molecular weight excluding hydrogens is 292 g/mol. The van der Waals surface area contributed by atoms with Crippen molar-refractivity contribution in [3.63, 3.8) is 0 Å². The molecule has 1 aromatic carbocycles. The molecule has 0 saturated carbocycles. The Bertz CT molecular complexity index is 739. The molecular formula is C16H18N6O. The molecule has 3 rings (SSSR count). The lowest BCUT2D eigenvalue weighted by Crippen LogP contribution is -2.49. The Morgan fingerprint density at radius 3 is 2.78 bits per heavy atom. The molecule has 0 atom stereocenters. The van der Waals surface area contributed by atoms with Gasteiger partial charge in [0.25, 0.3) is 0 Å². The van der Waals surface area contributed by atoms with E-state index in [0.717, 1.165) is 13.1 Å². The first-order valence-corrected chi connectivity index (χ1v) is 7.54. The van der Waals surface area contributed by atoms with Gasteiger partial charge in [0.1, 0.15) is 18.9 Å². The van der Waals surface area contributed by atoms with E-state index in [-0.39, 0.29) is 18.3 Å². The van der Waals surface area contributed by atoms with E-state index in [1.54, 1.807) is 0 Å². The van der Waals surface area contributed by atoms with Crippen LogP contribution in [0.5, 0.6) is 0 Å². The Morgan fingerprint density at radius 2 is 2.09 bits per heavy atom. The van der Waals surface area contributed by atoms with Gasteiger partial charge in [0, 0.05) is 31.9 Å². The van der Waals surface area contributed by atoms with E-state index in [1.807, 2.05) is 11.0 Å². The summed E-state index contributed by atoms with van der Waals surface area (Å²) in [6.07, 6.45) is 1.42. The van der Waals surface area contributed by atoms with Gasteiger partial charge in [-0.1, -0.05) is 12.1 Å². The van der Waals surface area contributed by atoms with Gasteiger partial charge in [-0.3, -0.25) is 9.36 Å². The van der Waals surface area contributed by atoms with Crippen molar-refractivity contribution in [2.24, 2.45) is 0 Å². The first-order valence-electron chi connectivity index (χ1n) is 7.54. The Morgan fingerprint density at radius 1 is 1.30 bits per heavy atom. The molecule has 2 aromatic rings. The van der Waals surface area contributed by atoms with Gasteiger partial charge in [-0.05, 0) is 24.6 Å². The molecule has 1 amide bonds. The fraction of sp³-hybridized carbons (Fsp3) is 0.375. The summed E-state index contributed by atoms with van der Waals surface area (Å²) < 4.78 is 1.48. The van der Waals surface area contributed by atoms with Crippen molar-refractivity contribution in [1.82, 2.24) is 19.7 Å². The van der Waals surface area contributed by atoms with Crippen molar-refractivity contribution in [2.75, 3.05) is 31.1 Å². The lowest BCUT2D eigenvalue weighted by Gasteiger charge is -2.36. The van der Waals surface area contributed by atoms with Crippen LogP contribution in [0.2, 0.25) is 0 Å². The summed E-state index contributed by atoms with van der Waals surface area (Å²) in [6.45, 7) is 5.16. The number of amides is 1. The van der Waals surface area contributed by atoms with Crippen LogP contribution in [0.4, 0.5) is 5.69 Å². The molecule has 23 heavy (non-hydrogen) atoms. The van der Waals surface area contributed by atoms with E-state index in [1.165, 1.54) is 22.1 Å². The van der Waals surface area contributed by atoms with Crippen molar-refractivity contribution in [2.45, 2.75) is 13.5 Å². The molecule has 7 nitrogen and oxygen atoms in total. The molecule has 2 heterocycles. The van der Waals surface area contributed by atoms with E-state index in [2.05, 4.69) is 46.3 Å². The van der Waals surface area contributed by atoms with Crippen LogP contribution >= 0.6 is 0 Å². The van der Waals surface area contributed by atoms with Crippen molar-refractivity contribution in [1.29, 1.82) is 5.26 Å². The molecule has 118 valence electrons. The van der Waals surface area contributed by atoms with Crippen LogP contribution in [0.15, 0.2) is 30.6 Å². The van der Waals surface area contributed by atoms with Crippen LogP contribution < -0.4 is 4.90 Å². The van der Waals surface area contributed by atoms with Gasteiger partial charge in [0.2, 0.25) is 11.7 Å². The minimum absolute atomic E-state index is 0.00908. The Hall–Kier alpha value is -2.88. The van der Waals surface area contributed by atoms with Crippen LogP contribution in [-0.4, -0.2) is 51.8 Å². The van der Waals surface area contributed by atoms with Gasteiger partial charge in [-0.2, -0.15) is 5.26 Å². The predicted octanol–water partition coefficient (Wildman–Crippen LogP) is 0.807. The minimum atomic E-state index is -0.00908. The molecule has 0 N–H and O–H groups in total. The van der Waals surface area contributed by atoms with Gasteiger partial charge < -0.3 is 9.80 Å². The summed E-state index contributed by atoms with van der Waals surface area (Å²) in [5.74, 6) is 0.155. The lowest BCUT2D eigenvalue weighted by molar-refractivity contribution is -0.132. The van der Waals surface area contributed by atoms with Crippen LogP contribution in [-0.2, 0) is 11.3 Å². The third kappa shape index (κ3) is 3.31. The first-order chi connectivity index (χ1) is 11.2. The summed E-state index contributed by atoms with van der Waals surface area (Å²) in [5.41, 5.74) is 2.43. The second kappa shape index (κ2) is 6.48. The third-order valence-corrected chi connectivity index (χ3v) is 4.02. The predicted molar refractivity (Wildman–Crippen MR) is 84.7 cm³/mol. The normalized spacial score (nSPS) is 14.6. The van der Waals surface area contributed by atoms with Crippen molar-refractivity contribution in [3.8, 4) is 6.07 Å². The van der Waals surface area contributed by atoms with E-state index in [4.69, 9.17) is 5.26 Å². The van der Waals surface area contributed by atoms with E-state index in [9.17, 15) is 4.79 Å². The van der Waals surface area contributed by atoms with E-state index >= 15 is 0 Å². The van der Waals surface area contributed by atoms with Gasteiger partial charge in [-0.25, -0.2) is 0 Å². The number of piperazine rings is 1. The van der Waals surface area contributed by atoms with Gasteiger partial charge >= 0.3 is 0 Å². The van der Waals surface area contributed by atoms with Crippen LogP contribution in [0.3, 0.4) is 0 Å². The smallest absolute Gasteiger partial charge is 0.242 e. The second-order valence-electron chi connectivity index (χ2n) is 5.60. The van der Waals surface area contributed by atoms with Gasteiger partial charge in [0.15, 0.2) is 0 Å². The number of nitriles is 1.